The van der Waals surface area contributed by atoms with E-state index in [1.54, 1.807) is 0 Å². The highest BCUT2D eigenvalue weighted by atomic mass is 16.3. The summed E-state index contributed by atoms with van der Waals surface area (Å²) < 4.78 is 5.41. The zero-order valence-corrected chi connectivity index (χ0v) is 13.2. The Kier molecular flexibility index (Phi) is 3.53. The molecule has 7 nitrogen and oxygen atoms in total. The van der Waals surface area contributed by atoms with Gasteiger partial charge < -0.3 is 9.32 Å². The van der Waals surface area contributed by atoms with Crippen LogP contribution >= 0.6 is 0 Å². The molecule has 1 aliphatic heterocycles. The van der Waals surface area contributed by atoms with E-state index >= 15 is 0 Å². The van der Waals surface area contributed by atoms with Crippen LogP contribution in [0.15, 0.2) is 47.3 Å². The number of nitrogens with one attached hydrogen (secondary N) is 2. The van der Waals surface area contributed by atoms with Crippen LogP contribution in [0.2, 0.25) is 0 Å². The van der Waals surface area contributed by atoms with Crippen molar-refractivity contribution in [1.29, 1.82) is 0 Å². The van der Waals surface area contributed by atoms with Crippen LogP contribution < -0.4 is 10.2 Å². The first-order valence-electron chi connectivity index (χ1n) is 7.80. The number of aromatic amines is 1. The van der Waals surface area contributed by atoms with E-state index in [1.807, 2.05) is 12.1 Å². The molecule has 1 unspecified atom stereocenters. The molecule has 0 saturated carbocycles. The van der Waals surface area contributed by atoms with Crippen molar-refractivity contribution in [1.82, 2.24) is 15.2 Å². The third-order valence-electron chi connectivity index (χ3n) is 4.29. The van der Waals surface area contributed by atoms with E-state index in [-0.39, 0.29) is 5.91 Å². The highest BCUT2D eigenvalue weighted by Gasteiger charge is 2.27. The number of carbonyl (C=O) groups is 1. The van der Waals surface area contributed by atoms with Gasteiger partial charge in [-0.2, -0.15) is 10.1 Å². The summed E-state index contributed by atoms with van der Waals surface area (Å²) in [6.07, 6.45) is 3.88. The zero-order valence-electron chi connectivity index (χ0n) is 13.2. The Morgan fingerprint density at radius 3 is 3.12 bits per heavy atom. The van der Waals surface area contributed by atoms with E-state index in [0.29, 0.717) is 24.3 Å². The largest absolute Gasteiger partial charge is 0.459 e. The topological polar surface area (TPSA) is 87.1 Å². The normalized spacial score (nSPS) is 16.2. The number of anilines is 2. The van der Waals surface area contributed by atoms with Crippen LogP contribution in [0, 0.1) is 0 Å². The van der Waals surface area contributed by atoms with Gasteiger partial charge in [-0.1, -0.05) is 18.2 Å². The molecule has 24 heavy (non-hydrogen) atoms. The van der Waals surface area contributed by atoms with E-state index in [4.69, 9.17) is 4.42 Å². The maximum Gasteiger partial charge on any atom is 0.294 e. The Labute approximate surface area is 138 Å². The molecule has 2 aromatic heterocycles. The minimum absolute atomic E-state index is 0.294. The molecular formula is C17H17N5O2. The number of rotatable bonds is 4. The van der Waals surface area contributed by atoms with Gasteiger partial charge in [-0.3, -0.25) is 10.1 Å². The van der Waals surface area contributed by atoms with E-state index in [9.17, 15) is 4.79 Å². The number of H-pyrrole nitrogens is 1. The van der Waals surface area contributed by atoms with Crippen LogP contribution in [0.25, 0.3) is 0 Å². The summed E-state index contributed by atoms with van der Waals surface area (Å²) in [6, 6.07) is 10.6. The molecular weight excluding hydrogens is 306 g/mol. The molecule has 1 atom stereocenters. The highest BCUT2D eigenvalue weighted by Crippen LogP contribution is 2.33. The monoisotopic (exact) mass is 323 g/mol. The molecule has 1 aliphatic rings. The molecule has 0 aliphatic carbocycles. The van der Waals surface area contributed by atoms with Crippen LogP contribution in [0.3, 0.4) is 0 Å². The summed E-state index contributed by atoms with van der Waals surface area (Å²) in [5, 5.41) is 8.94. The molecule has 0 spiro atoms. The summed E-state index contributed by atoms with van der Waals surface area (Å²) >= 11 is 0. The fourth-order valence-electron chi connectivity index (χ4n) is 3.14. The van der Waals surface area contributed by atoms with Crippen molar-refractivity contribution < 1.29 is 9.21 Å². The number of carbonyl (C=O) groups excluding carboxylic acids is 1. The Morgan fingerprint density at radius 1 is 1.42 bits per heavy atom. The second-order valence-electron chi connectivity index (χ2n) is 5.87. The standard InChI is InChI=1S/C17H17N5O2/c1-11-8-12-4-2-3-5-14(12)22(11)9-13-6-7-24-15(13)16(23)20-17-18-10-19-21-17/h2-7,10-11H,8-9H2,1H3,(H2,18,19,20,21,23). The maximum absolute atomic E-state index is 12.4. The molecule has 2 N–H and O–H groups in total. The van der Waals surface area contributed by atoms with Crippen molar-refractivity contribution in [2.24, 2.45) is 0 Å². The molecule has 4 rings (SSSR count). The number of hydrogen-bond acceptors (Lipinski definition) is 5. The third-order valence-corrected chi connectivity index (χ3v) is 4.29. The second-order valence-corrected chi connectivity index (χ2v) is 5.87. The van der Waals surface area contributed by atoms with Crippen LogP contribution in [-0.2, 0) is 13.0 Å². The van der Waals surface area contributed by atoms with Crippen molar-refractivity contribution in [3.05, 3.63) is 59.8 Å². The summed E-state index contributed by atoms with van der Waals surface area (Å²) in [7, 11) is 0. The van der Waals surface area contributed by atoms with E-state index < -0.39 is 0 Å². The van der Waals surface area contributed by atoms with Gasteiger partial charge in [0.2, 0.25) is 5.95 Å². The smallest absolute Gasteiger partial charge is 0.294 e. The first-order chi connectivity index (χ1) is 11.7. The summed E-state index contributed by atoms with van der Waals surface area (Å²) in [5.41, 5.74) is 3.39. The first-order valence-corrected chi connectivity index (χ1v) is 7.80. The average molecular weight is 323 g/mol. The number of hydrogen-bond donors (Lipinski definition) is 2. The first kappa shape index (κ1) is 14.5. The lowest BCUT2D eigenvalue weighted by atomic mass is 10.1. The van der Waals surface area contributed by atoms with Gasteiger partial charge in [0.1, 0.15) is 6.33 Å². The maximum atomic E-state index is 12.4. The van der Waals surface area contributed by atoms with Gasteiger partial charge in [-0.05, 0) is 31.0 Å². The van der Waals surface area contributed by atoms with Gasteiger partial charge in [0, 0.05) is 23.8 Å². The lowest BCUT2D eigenvalue weighted by Gasteiger charge is -2.24. The van der Waals surface area contributed by atoms with Gasteiger partial charge in [0.25, 0.3) is 5.91 Å². The molecule has 3 heterocycles. The Hall–Kier alpha value is -3.09. The molecule has 0 radical (unpaired) electrons. The Morgan fingerprint density at radius 2 is 2.29 bits per heavy atom. The van der Waals surface area contributed by atoms with Crippen LogP contribution in [0.5, 0.6) is 0 Å². The summed E-state index contributed by atoms with van der Waals surface area (Å²) in [6.45, 7) is 2.81. The number of amides is 1. The van der Waals surface area contributed by atoms with Crippen LogP contribution in [0.1, 0.15) is 28.6 Å². The number of para-hydroxylation sites is 1. The second kappa shape index (κ2) is 5.84. The lowest BCUT2D eigenvalue weighted by molar-refractivity contribution is 0.0994. The predicted molar refractivity (Wildman–Crippen MR) is 88.8 cm³/mol. The third kappa shape index (κ3) is 2.54. The zero-order chi connectivity index (χ0) is 16.5. The van der Waals surface area contributed by atoms with Crippen LogP contribution in [-0.4, -0.2) is 27.1 Å². The number of aromatic nitrogens is 3. The van der Waals surface area contributed by atoms with Gasteiger partial charge in [-0.15, -0.1) is 0 Å². The molecule has 0 fully saturated rings. The number of furan rings is 1. The summed E-state index contributed by atoms with van der Waals surface area (Å²) in [4.78, 5) is 18.6. The molecule has 1 amide bonds. The molecule has 0 saturated heterocycles. The minimum atomic E-state index is -0.341. The van der Waals surface area contributed by atoms with Crippen molar-refractivity contribution in [3.8, 4) is 0 Å². The average Bonchev–Trinajstić information content (AvgIpc) is 3.29. The van der Waals surface area contributed by atoms with E-state index in [1.165, 1.54) is 23.8 Å². The molecule has 0 bridgehead atoms. The fraction of sp³-hybridized carbons (Fsp3) is 0.235. The van der Waals surface area contributed by atoms with E-state index in [0.717, 1.165) is 12.0 Å². The van der Waals surface area contributed by atoms with Gasteiger partial charge >= 0.3 is 0 Å². The molecule has 122 valence electrons. The van der Waals surface area contributed by atoms with Crippen molar-refractivity contribution in [2.75, 3.05) is 10.2 Å². The van der Waals surface area contributed by atoms with E-state index in [2.05, 4.69) is 50.5 Å². The fourth-order valence-corrected chi connectivity index (χ4v) is 3.14. The number of nitrogens with zero attached hydrogens (tertiary/aromatic N) is 3. The molecule has 3 aromatic rings. The predicted octanol–water partition coefficient (Wildman–Crippen LogP) is 2.60. The number of benzene rings is 1. The quantitative estimate of drug-likeness (QED) is 0.770. The van der Waals surface area contributed by atoms with Gasteiger partial charge in [-0.25, -0.2) is 5.10 Å². The van der Waals surface area contributed by atoms with Crippen LogP contribution in [0.4, 0.5) is 11.6 Å². The molecule has 1 aromatic carbocycles. The van der Waals surface area contributed by atoms with Crippen molar-refractivity contribution in [2.45, 2.75) is 25.9 Å². The Bertz CT molecular complexity index is 856. The van der Waals surface area contributed by atoms with Crippen molar-refractivity contribution >= 4 is 17.5 Å². The van der Waals surface area contributed by atoms with Crippen molar-refractivity contribution in [3.63, 3.8) is 0 Å². The minimum Gasteiger partial charge on any atom is -0.459 e. The SMILES string of the molecule is CC1Cc2ccccc2N1Cc1ccoc1C(=O)Nc1ncn[nH]1. The van der Waals surface area contributed by atoms with Gasteiger partial charge in [0.15, 0.2) is 5.76 Å². The number of fused-ring (bicyclic) bond motifs is 1. The molecule has 7 heteroatoms. The highest BCUT2D eigenvalue weighted by molar-refractivity contribution is 6.02. The van der Waals surface area contributed by atoms with Gasteiger partial charge in [0.05, 0.1) is 6.26 Å². The Balaban J connectivity index is 1.56. The summed E-state index contributed by atoms with van der Waals surface area (Å²) in [5.74, 6) is 0.247. The lowest BCUT2D eigenvalue weighted by Crippen LogP contribution is -2.29.